The van der Waals surface area contributed by atoms with Crippen molar-refractivity contribution >= 4 is 0 Å². The predicted octanol–water partition coefficient (Wildman–Crippen LogP) is 4.00. The van der Waals surface area contributed by atoms with Gasteiger partial charge in [0.05, 0.1) is 6.20 Å². The van der Waals surface area contributed by atoms with Gasteiger partial charge in [-0.1, -0.05) is 30.3 Å². The lowest BCUT2D eigenvalue weighted by atomic mass is 9.68. The molecule has 0 radical (unpaired) electrons. The van der Waals surface area contributed by atoms with Crippen molar-refractivity contribution in [2.45, 2.75) is 50.5 Å². The van der Waals surface area contributed by atoms with E-state index in [9.17, 15) is 0 Å². The van der Waals surface area contributed by atoms with Crippen molar-refractivity contribution in [3.05, 3.63) is 53.3 Å². The van der Waals surface area contributed by atoms with Crippen LogP contribution in [0.25, 0.3) is 0 Å². The zero-order valence-corrected chi connectivity index (χ0v) is 17.5. The van der Waals surface area contributed by atoms with Crippen LogP contribution in [0, 0.1) is 5.41 Å². The van der Waals surface area contributed by atoms with Crippen LogP contribution in [0.15, 0.2) is 36.5 Å². The van der Waals surface area contributed by atoms with E-state index in [2.05, 4.69) is 70.2 Å². The second kappa shape index (κ2) is 7.31. The standard InChI is InChI=1S/C24H34N4/c1-26-16-21(19-6-4-3-5-7-19)14-24(18-26)10-12-28(13-11-24)17-22-15-25-27(2)23(22)20-8-9-20/h3-7,15,20-21H,8-14,16-18H2,1-2H3. The minimum atomic E-state index is 0.498. The molecule has 3 fully saturated rings. The summed E-state index contributed by atoms with van der Waals surface area (Å²) in [5, 5.41) is 4.56. The van der Waals surface area contributed by atoms with Crippen LogP contribution in [0.2, 0.25) is 0 Å². The Labute approximate surface area is 169 Å². The van der Waals surface area contributed by atoms with E-state index in [1.54, 1.807) is 0 Å². The Hall–Kier alpha value is -1.65. The zero-order chi connectivity index (χ0) is 19.1. The minimum Gasteiger partial charge on any atom is -0.305 e. The van der Waals surface area contributed by atoms with Gasteiger partial charge in [-0.05, 0) is 69.1 Å². The highest BCUT2D eigenvalue weighted by atomic mass is 15.3. The van der Waals surface area contributed by atoms with Crippen molar-refractivity contribution in [1.29, 1.82) is 0 Å². The summed E-state index contributed by atoms with van der Waals surface area (Å²) in [6.45, 7) is 6.02. The molecule has 1 atom stereocenters. The molecule has 5 rings (SSSR count). The summed E-state index contributed by atoms with van der Waals surface area (Å²) in [4.78, 5) is 5.27. The molecule has 1 aromatic heterocycles. The van der Waals surface area contributed by atoms with E-state index in [1.165, 1.54) is 75.1 Å². The number of hydrogen-bond acceptors (Lipinski definition) is 3. The molecule has 2 saturated heterocycles. The van der Waals surface area contributed by atoms with Gasteiger partial charge in [-0.2, -0.15) is 5.10 Å². The summed E-state index contributed by atoms with van der Waals surface area (Å²) in [6.07, 6.45) is 8.85. The average Bonchev–Trinajstić information content (AvgIpc) is 3.47. The minimum absolute atomic E-state index is 0.498. The van der Waals surface area contributed by atoms with E-state index in [4.69, 9.17) is 0 Å². The largest absolute Gasteiger partial charge is 0.305 e. The van der Waals surface area contributed by atoms with Crippen molar-refractivity contribution < 1.29 is 0 Å². The van der Waals surface area contributed by atoms with E-state index in [0.29, 0.717) is 11.3 Å². The number of piperidine rings is 2. The molecule has 0 amide bonds. The van der Waals surface area contributed by atoms with Gasteiger partial charge in [0.1, 0.15) is 0 Å². The summed E-state index contributed by atoms with van der Waals surface area (Å²) in [5.74, 6) is 1.46. The molecule has 4 heteroatoms. The lowest BCUT2D eigenvalue weighted by Crippen LogP contribution is -2.50. The Kier molecular flexibility index (Phi) is 4.80. The molecule has 3 aliphatic rings. The SMILES string of the molecule is CN1CC(c2ccccc2)CC2(CCN(Cc3cnn(C)c3C3CC3)CC2)C1. The first-order valence-corrected chi connectivity index (χ1v) is 11.1. The van der Waals surface area contributed by atoms with E-state index in [1.807, 2.05) is 0 Å². The van der Waals surface area contributed by atoms with E-state index in [-0.39, 0.29) is 0 Å². The van der Waals surface area contributed by atoms with Gasteiger partial charge >= 0.3 is 0 Å². The van der Waals surface area contributed by atoms with Gasteiger partial charge < -0.3 is 4.90 Å². The summed E-state index contributed by atoms with van der Waals surface area (Å²) in [7, 11) is 4.44. The number of likely N-dealkylation sites (N-methyl/N-ethyl adjacent to an activating group) is 1. The number of likely N-dealkylation sites (tertiary alicyclic amines) is 2. The number of benzene rings is 1. The van der Waals surface area contributed by atoms with Crippen molar-refractivity contribution in [1.82, 2.24) is 19.6 Å². The second-order valence-electron chi connectivity index (χ2n) is 9.74. The topological polar surface area (TPSA) is 24.3 Å². The van der Waals surface area contributed by atoms with Gasteiger partial charge in [0.15, 0.2) is 0 Å². The number of aromatic nitrogens is 2. The number of nitrogens with zero attached hydrogens (tertiary/aromatic N) is 4. The van der Waals surface area contributed by atoms with Gasteiger partial charge in [-0.25, -0.2) is 0 Å². The maximum absolute atomic E-state index is 4.56. The average molecular weight is 379 g/mol. The van der Waals surface area contributed by atoms with Gasteiger partial charge in [0.2, 0.25) is 0 Å². The van der Waals surface area contributed by atoms with Crippen molar-refractivity contribution in [3.8, 4) is 0 Å². The molecule has 28 heavy (non-hydrogen) atoms. The Bertz CT molecular complexity index is 799. The Morgan fingerprint density at radius 2 is 1.79 bits per heavy atom. The smallest absolute Gasteiger partial charge is 0.0537 e. The fourth-order valence-electron chi connectivity index (χ4n) is 5.90. The first kappa shape index (κ1) is 18.4. The first-order valence-electron chi connectivity index (χ1n) is 11.1. The molecule has 2 aliphatic heterocycles. The Morgan fingerprint density at radius 1 is 1.04 bits per heavy atom. The maximum Gasteiger partial charge on any atom is 0.0537 e. The van der Waals surface area contributed by atoms with Crippen LogP contribution < -0.4 is 0 Å². The predicted molar refractivity (Wildman–Crippen MR) is 113 cm³/mol. The van der Waals surface area contributed by atoms with Crippen LogP contribution in [0.1, 0.15) is 60.8 Å². The molecule has 0 N–H and O–H groups in total. The number of rotatable bonds is 4. The second-order valence-corrected chi connectivity index (χ2v) is 9.74. The molecule has 1 unspecified atom stereocenters. The third-order valence-electron chi connectivity index (χ3n) is 7.43. The molecular weight excluding hydrogens is 344 g/mol. The summed E-state index contributed by atoms with van der Waals surface area (Å²) in [5.41, 5.74) is 5.00. The van der Waals surface area contributed by atoms with Gasteiger partial charge in [0, 0.05) is 43.9 Å². The van der Waals surface area contributed by atoms with Crippen LogP contribution in [0.3, 0.4) is 0 Å². The zero-order valence-electron chi connectivity index (χ0n) is 17.5. The third-order valence-corrected chi connectivity index (χ3v) is 7.43. The molecule has 1 aliphatic carbocycles. The highest BCUT2D eigenvalue weighted by Gasteiger charge is 2.41. The highest BCUT2D eigenvalue weighted by Crippen LogP contribution is 2.45. The van der Waals surface area contributed by atoms with E-state index >= 15 is 0 Å². The molecular formula is C24H34N4. The van der Waals surface area contributed by atoms with Crippen LogP contribution in [-0.4, -0.2) is 52.8 Å². The van der Waals surface area contributed by atoms with Crippen molar-refractivity contribution in [3.63, 3.8) is 0 Å². The third kappa shape index (κ3) is 3.65. The summed E-state index contributed by atoms with van der Waals surface area (Å²) >= 11 is 0. The van der Waals surface area contributed by atoms with Crippen LogP contribution in [0.4, 0.5) is 0 Å². The van der Waals surface area contributed by atoms with Crippen LogP contribution in [0.5, 0.6) is 0 Å². The molecule has 1 spiro atoms. The number of hydrogen-bond donors (Lipinski definition) is 0. The molecule has 150 valence electrons. The van der Waals surface area contributed by atoms with Gasteiger partial charge in [-0.15, -0.1) is 0 Å². The first-order chi connectivity index (χ1) is 13.6. The molecule has 3 heterocycles. The van der Waals surface area contributed by atoms with Gasteiger partial charge in [-0.3, -0.25) is 9.58 Å². The highest BCUT2D eigenvalue weighted by molar-refractivity contribution is 5.26. The lowest BCUT2D eigenvalue weighted by Gasteiger charge is -2.49. The van der Waals surface area contributed by atoms with Crippen LogP contribution in [-0.2, 0) is 13.6 Å². The number of aryl methyl sites for hydroxylation is 1. The Balaban J connectivity index is 1.25. The summed E-state index contributed by atoms with van der Waals surface area (Å²) in [6, 6.07) is 11.2. The fourth-order valence-corrected chi connectivity index (χ4v) is 5.90. The monoisotopic (exact) mass is 378 g/mol. The van der Waals surface area contributed by atoms with Crippen molar-refractivity contribution in [2.24, 2.45) is 12.5 Å². The van der Waals surface area contributed by atoms with E-state index in [0.717, 1.165) is 12.5 Å². The maximum atomic E-state index is 4.56. The van der Waals surface area contributed by atoms with Crippen molar-refractivity contribution in [2.75, 3.05) is 33.2 Å². The quantitative estimate of drug-likeness (QED) is 0.804. The van der Waals surface area contributed by atoms with E-state index < -0.39 is 0 Å². The molecule has 1 aromatic carbocycles. The normalized spacial score (nSPS) is 26.0. The molecule has 4 nitrogen and oxygen atoms in total. The molecule has 0 bridgehead atoms. The Morgan fingerprint density at radius 3 is 2.50 bits per heavy atom. The summed E-state index contributed by atoms with van der Waals surface area (Å²) < 4.78 is 2.12. The lowest BCUT2D eigenvalue weighted by molar-refractivity contribution is 0.0218. The van der Waals surface area contributed by atoms with Gasteiger partial charge in [0.25, 0.3) is 0 Å². The van der Waals surface area contributed by atoms with Crippen LogP contribution >= 0.6 is 0 Å². The molecule has 1 saturated carbocycles. The molecule has 2 aromatic rings. The fraction of sp³-hybridized carbons (Fsp3) is 0.625.